The zero-order valence-electron chi connectivity index (χ0n) is 12.5. The molecule has 0 radical (unpaired) electrons. The Bertz CT molecular complexity index is 679. The van der Waals surface area contributed by atoms with Crippen molar-refractivity contribution in [2.24, 2.45) is 7.05 Å². The molecule has 2 aromatic rings. The molecule has 1 N–H and O–H groups in total. The minimum Gasteiger partial charge on any atom is -0.490 e. The number of nitro groups is 1. The zero-order valence-corrected chi connectivity index (χ0v) is 12.5. The van der Waals surface area contributed by atoms with Crippen molar-refractivity contribution in [3.63, 3.8) is 0 Å². The van der Waals surface area contributed by atoms with Gasteiger partial charge < -0.3 is 10.1 Å². The van der Waals surface area contributed by atoms with Crippen LogP contribution in [-0.2, 0) is 13.6 Å². The molecule has 1 heterocycles. The van der Waals surface area contributed by atoms with Crippen molar-refractivity contribution in [2.75, 3.05) is 12.4 Å². The SMILES string of the molecule is COc1cccc(NCc2c(C)nn(C)c2C)c1[N+](=O)[O-]. The summed E-state index contributed by atoms with van der Waals surface area (Å²) in [6.45, 7) is 4.36. The third-order valence-electron chi connectivity index (χ3n) is 3.52. The molecule has 7 heteroatoms. The first-order valence-corrected chi connectivity index (χ1v) is 6.50. The monoisotopic (exact) mass is 290 g/mol. The fourth-order valence-corrected chi connectivity index (χ4v) is 2.27. The summed E-state index contributed by atoms with van der Waals surface area (Å²) in [6, 6.07) is 4.96. The van der Waals surface area contributed by atoms with Crippen molar-refractivity contribution >= 4 is 11.4 Å². The van der Waals surface area contributed by atoms with Crippen molar-refractivity contribution in [1.29, 1.82) is 0 Å². The van der Waals surface area contributed by atoms with E-state index in [2.05, 4.69) is 10.4 Å². The summed E-state index contributed by atoms with van der Waals surface area (Å²) in [5.41, 5.74) is 3.36. The number of para-hydroxylation sites is 1. The van der Waals surface area contributed by atoms with E-state index in [1.807, 2.05) is 20.9 Å². The first-order valence-electron chi connectivity index (χ1n) is 6.50. The van der Waals surface area contributed by atoms with Crippen LogP contribution in [0.15, 0.2) is 18.2 Å². The van der Waals surface area contributed by atoms with E-state index in [-0.39, 0.29) is 11.4 Å². The van der Waals surface area contributed by atoms with Crippen LogP contribution in [0.3, 0.4) is 0 Å². The van der Waals surface area contributed by atoms with Gasteiger partial charge in [0.2, 0.25) is 0 Å². The Labute approximate surface area is 122 Å². The van der Waals surface area contributed by atoms with Gasteiger partial charge in [-0.2, -0.15) is 5.10 Å². The Hall–Kier alpha value is -2.57. The van der Waals surface area contributed by atoms with Crippen LogP contribution in [0.25, 0.3) is 0 Å². The smallest absolute Gasteiger partial charge is 0.333 e. The molecule has 0 aliphatic heterocycles. The molecule has 0 amide bonds. The van der Waals surface area contributed by atoms with Gasteiger partial charge in [-0.15, -0.1) is 0 Å². The molecule has 2 rings (SSSR count). The highest BCUT2D eigenvalue weighted by atomic mass is 16.6. The predicted molar refractivity (Wildman–Crippen MR) is 79.7 cm³/mol. The highest BCUT2D eigenvalue weighted by Crippen LogP contribution is 2.34. The maximum Gasteiger partial charge on any atom is 0.333 e. The first-order chi connectivity index (χ1) is 9.95. The Morgan fingerprint density at radius 3 is 2.67 bits per heavy atom. The number of aromatic nitrogens is 2. The number of ether oxygens (including phenoxy) is 1. The van der Waals surface area contributed by atoms with E-state index in [1.165, 1.54) is 7.11 Å². The van der Waals surface area contributed by atoms with Gasteiger partial charge in [-0.1, -0.05) is 6.07 Å². The lowest BCUT2D eigenvalue weighted by Crippen LogP contribution is -2.05. The van der Waals surface area contributed by atoms with Crippen molar-refractivity contribution in [2.45, 2.75) is 20.4 Å². The number of anilines is 1. The van der Waals surface area contributed by atoms with Gasteiger partial charge in [-0.05, 0) is 26.0 Å². The molecule has 0 atom stereocenters. The summed E-state index contributed by atoms with van der Waals surface area (Å²) >= 11 is 0. The molecule has 0 unspecified atom stereocenters. The topological polar surface area (TPSA) is 82.2 Å². The van der Waals surface area contributed by atoms with E-state index in [4.69, 9.17) is 4.74 Å². The Kier molecular flexibility index (Phi) is 4.11. The molecule has 0 saturated heterocycles. The summed E-state index contributed by atoms with van der Waals surface area (Å²) in [6.07, 6.45) is 0. The van der Waals surface area contributed by atoms with Crippen LogP contribution in [0.1, 0.15) is 17.0 Å². The number of nitrogens with zero attached hydrogens (tertiary/aromatic N) is 3. The summed E-state index contributed by atoms with van der Waals surface area (Å²) < 4.78 is 6.85. The van der Waals surface area contributed by atoms with Gasteiger partial charge in [-0.25, -0.2) is 0 Å². The second-order valence-corrected chi connectivity index (χ2v) is 4.74. The summed E-state index contributed by atoms with van der Waals surface area (Å²) in [7, 11) is 3.29. The largest absolute Gasteiger partial charge is 0.490 e. The maximum absolute atomic E-state index is 11.2. The van der Waals surface area contributed by atoms with E-state index in [0.29, 0.717) is 12.2 Å². The predicted octanol–water partition coefficient (Wildman–Crippen LogP) is 2.57. The highest BCUT2D eigenvalue weighted by molar-refractivity contribution is 5.68. The number of rotatable bonds is 5. The van der Waals surface area contributed by atoms with Crippen molar-refractivity contribution < 1.29 is 9.66 Å². The first kappa shape index (κ1) is 14.8. The van der Waals surface area contributed by atoms with E-state index in [9.17, 15) is 10.1 Å². The van der Waals surface area contributed by atoms with E-state index in [1.54, 1.807) is 22.9 Å². The average molecular weight is 290 g/mol. The number of benzene rings is 1. The number of nitrogens with one attached hydrogen (secondary N) is 1. The lowest BCUT2D eigenvalue weighted by Gasteiger charge is -2.10. The molecular weight excluding hydrogens is 272 g/mol. The van der Waals surface area contributed by atoms with Crippen molar-refractivity contribution in [3.05, 3.63) is 45.3 Å². The lowest BCUT2D eigenvalue weighted by molar-refractivity contribution is -0.384. The average Bonchev–Trinajstić information content (AvgIpc) is 2.69. The zero-order chi connectivity index (χ0) is 15.6. The van der Waals surface area contributed by atoms with Crippen LogP contribution in [-0.4, -0.2) is 21.8 Å². The van der Waals surface area contributed by atoms with Crippen LogP contribution in [0, 0.1) is 24.0 Å². The summed E-state index contributed by atoms with van der Waals surface area (Å²) in [5.74, 6) is 0.240. The van der Waals surface area contributed by atoms with Gasteiger partial charge in [0.1, 0.15) is 5.69 Å². The Balaban J connectivity index is 2.30. The lowest BCUT2D eigenvalue weighted by atomic mass is 10.2. The Morgan fingerprint density at radius 2 is 2.14 bits per heavy atom. The summed E-state index contributed by atoms with van der Waals surface area (Å²) in [4.78, 5) is 10.8. The van der Waals surface area contributed by atoms with E-state index < -0.39 is 4.92 Å². The van der Waals surface area contributed by atoms with E-state index >= 15 is 0 Å². The van der Waals surface area contributed by atoms with Crippen LogP contribution in [0.2, 0.25) is 0 Å². The molecule has 0 bridgehead atoms. The van der Waals surface area contributed by atoms with Crippen LogP contribution in [0.5, 0.6) is 5.75 Å². The van der Waals surface area contributed by atoms with Gasteiger partial charge in [0.05, 0.1) is 17.7 Å². The van der Waals surface area contributed by atoms with Gasteiger partial charge in [0.15, 0.2) is 5.75 Å². The fourth-order valence-electron chi connectivity index (χ4n) is 2.27. The molecule has 0 aliphatic rings. The molecule has 0 aliphatic carbocycles. The molecule has 21 heavy (non-hydrogen) atoms. The molecule has 0 spiro atoms. The van der Waals surface area contributed by atoms with Gasteiger partial charge in [0.25, 0.3) is 0 Å². The minimum absolute atomic E-state index is 0.0563. The molecule has 112 valence electrons. The maximum atomic E-state index is 11.2. The van der Waals surface area contributed by atoms with Crippen molar-refractivity contribution in [1.82, 2.24) is 9.78 Å². The second-order valence-electron chi connectivity index (χ2n) is 4.74. The number of hydrogen-bond donors (Lipinski definition) is 1. The molecule has 1 aromatic carbocycles. The Morgan fingerprint density at radius 1 is 1.43 bits per heavy atom. The molecule has 0 fully saturated rings. The van der Waals surface area contributed by atoms with Crippen LogP contribution in [0.4, 0.5) is 11.4 Å². The third-order valence-corrected chi connectivity index (χ3v) is 3.52. The standard InChI is InChI=1S/C14H18N4O3/c1-9-11(10(2)17(3)16-9)8-15-12-6-5-7-13(21-4)14(12)18(19)20/h5-7,15H,8H2,1-4H3. The third kappa shape index (κ3) is 2.81. The second kappa shape index (κ2) is 5.82. The molecule has 7 nitrogen and oxygen atoms in total. The summed E-state index contributed by atoms with van der Waals surface area (Å²) in [5, 5.41) is 18.7. The molecule has 0 saturated carbocycles. The number of methoxy groups -OCH3 is 1. The normalized spacial score (nSPS) is 10.5. The molecule has 1 aromatic heterocycles. The van der Waals surface area contributed by atoms with Crippen LogP contribution >= 0.6 is 0 Å². The minimum atomic E-state index is -0.440. The molecular formula is C14H18N4O3. The van der Waals surface area contributed by atoms with E-state index in [0.717, 1.165) is 17.0 Å². The van der Waals surface area contributed by atoms with Crippen molar-refractivity contribution in [3.8, 4) is 5.75 Å². The quantitative estimate of drug-likeness (QED) is 0.676. The highest BCUT2D eigenvalue weighted by Gasteiger charge is 2.20. The van der Waals surface area contributed by atoms with Gasteiger partial charge in [-0.3, -0.25) is 14.8 Å². The fraction of sp³-hybridized carbons (Fsp3) is 0.357. The van der Waals surface area contributed by atoms with Gasteiger partial charge in [0, 0.05) is 24.8 Å². The van der Waals surface area contributed by atoms with Gasteiger partial charge >= 0.3 is 5.69 Å². The van der Waals surface area contributed by atoms with Crippen LogP contribution < -0.4 is 10.1 Å². The number of nitro benzene ring substituents is 1. The number of hydrogen-bond acceptors (Lipinski definition) is 5. The number of aryl methyl sites for hydroxylation is 2.